The lowest BCUT2D eigenvalue weighted by Crippen LogP contribution is -2.41. The van der Waals surface area contributed by atoms with Gasteiger partial charge in [-0.1, -0.05) is 18.2 Å². The second-order valence-corrected chi connectivity index (χ2v) is 6.76. The summed E-state index contributed by atoms with van der Waals surface area (Å²) >= 11 is 0. The standard InChI is InChI=1S/C22H25N5O2/c28-22(29)18-27(17-21-9-3-6-12-25-21)14-13-26(15-19-7-1-4-10-23-19)16-20-8-2-5-11-24-20/h1-12H,13-18H2,(H,28,29)/p-1. The molecule has 0 N–H and O–H groups in total. The fraction of sp³-hybridized carbons (Fsp3) is 0.273. The van der Waals surface area contributed by atoms with Crippen molar-refractivity contribution in [2.45, 2.75) is 19.6 Å². The van der Waals surface area contributed by atoms with Gasteiger partial charge < -0.3 is 9.90 Å². The van der Waals surface area contributed by atoms with Gasteiger partial charge in [0.25, 0.3) is 0 Å². The van der Waals surface area contributed by atoms with Crippen molar-refractivity contribution in [1.29, 1.82) is 0 Å². The molecule has 0 aliphatic carbocycles. The summed E-state index contributed by atoms with van der Waals surface area (Å²) in [6.45, 7) is 2.84. The molecule has 150 valence electrons. The molecule has 7 heteroatoms. The second kappa shape index (κ2) is 11.0. The summed E-state index contributed by atoms with van der Waals surface area (Å²) in [5.74, 6) is -1.10. The predicted molar refractivity (Wildman–Crippen MR) is 107 cm³/mol. The molecule has 0 radical (unpaired) electrons. The molecule has 3 aromatic rings. The van der Waals surface area contributed by atoms with Gasteiger partial charge in [0.15, 0.2) is 0 Å². The van der Waals surface area contributed by atoms with E-state index in [0.29, 0.717) is 32.7 Å². The fourth-order valence-corrected chi connectivity index (χ4v) is 3.06. The quantitative estimate of drug-likeness (QED) is 0.485. The number of carboxylic acids is 1. The maximum Gasteiger partial charge on any atom is 0.0555 e. The first-order chi connectivity index (χ1) is 14.2. The van der Waals surface area contributed by atoms with Crippen LogP contribution in [-0.2, 0) is 24.4 Å². The van der Waals surface area contributed by atoms with Gasteiger partial charge in [0, 0.05) is 57.9 Å². The zero-order chi connectivity index (χ0) is 20.3. The lowest BCUT2D eigenvalue weighted by molar-refractivity contribution is -0.306. The highest BCUT2D eigenvalue weighted by molar-refractivity contribution is 5.66. The van der Waals surface area contributed by atoms with Crippen molar-refractivity contribution in [3.05, 3.63) is 90.3 Å². The lowest BCUT2D eigenvalue weighted by atomic mass is 10.2. The van der Waals surface area contributed by atoms with Crippen molar-refractivity contribution < 1.29 is 9.90 Å². The highest BCUT2D eigenvalue weighted by Gasteiger charge is 2.13. The summed E-state index contributed by atoms with van der Waals surface area (Å²) < 4.78 is 0. The average molecular weight is 390 g/mol. The largest absolute Gasteiger partial charge is 0.549 e. The van der Waals surface area contributed by atoms with Crippen molar-refractivity contribution in [3.63, 3.8) is 0 Å². The monoisotopic (exact) mass is 390 g/mol. The van der Waals surface area contributed by atoms with E-state index in [2.05, 4.69) is 19.9 Å². The van der Waals surface area contributed by atoms with Gasteiger partial charge in [0.1, 0.15) is 0 Å². The van der Waals surface area contributed by atoms with Crippen LogP contribution in [0.1, 0.15) is 17.1 Å². The molecular weight excluding hydrogens is 366 g/mol. The van der Waals surface area contributed by atoms with Gasteiger partial charge in [-0.3, -0.25) is 24.8 Å². The summed E-state index contributed by atoms with van der Waals surface area (Å²) in [7, 11) is 0. The molecular formula is C22H24N5O2-. The Bertz CT molecular complexity index is 821. The molecule has 3 rings (SSSR count). The summed E-state index contributed by atoms with van der Waals surface area (Å²) in [6, 6.07) is 17.3. The lowest BCUT2D eigenvalue weighted by Gasteiger charge is -2.27. The van der Waals surface area contributed by atoms with Gasteiger partial charge in [-0.15, -0.1) is 0 Å². The summed E-state index contributed by atoms with van der Waals surface area (Å²) in [5.41, 5.74) is 2.74. The number of pyridine rings is 3. The van der Waals surface area contributed by atoms with Crippen LogP contribution < -0.4 is 5.11 Å². The Morgan fingerprint density at radius 1 is 0.690 bits per heavy atom. The number of nitrogens with zero attached hydrogens (tertiary/aromatic N) is 5. The first-order valence-corrected chi connectivity index (χ1v) is 9.53. The molecule has 3 heterocycles. The zero-order valence-electron chi connectivity index (χ0n) is 16.2. The molecule has 0 aliphatic heterocycles. The minimum Gasteiger partial charge on any atom is -0.549 e. The Morgan fingerprint density at radius 2 is 1.10 bits per heavy atom. The Kier molecular flexibility index (Phi) is 7.80. The molecule has 0 amide bonds. The topological polar surface area (TPSA) is 85.3 Å². The van der Waals surface area contributed by atoms with E-state index in [-0.39, 0.29) is 6.54 Å². The highest BCUT2D eigenvalue weighted by atomic mass is 16.4. The number of aliphatic carboxylic acids is 1. The van der Waals surface area contributed by atoms with Gasteiger partial charge in [0.2, 0.25) is 0 Å². The van der Waals surface area contributed by atoms with Crippen LogP contribution in [0.5, 0.6) is 0 Å². The molecule has 0 unspecified atom stereocenters. The molecule has 29 heavy (non-hydrogen) atoms. The van der Waals surface area contributed by atoms with E-state index in [1.807, 2.05) is 59.5 Å². The third kappa shape index (κ3) is 7.40. The van der Waals surface area contributed by atoms with Crippen LogP contribution in [0.15, 0.2) is 73.2 Å². The van der Waals surface area contributed by atoms with Gasteiger partial charge >= 0.3 is 0 Å². The van der Waals surface area contributed by atoms with E-state index in [9.17, 15) is 9.90 Å². The SMILES string of the molecule is O=C([O-])CN(CCN(Cc1ccccn1)Cc1ccccn1)Cc1ccccn1. The molecule has 0 fully saturated rings. The van der Waals surface area contributed by atoms with Crippen LogP contribution in [0.4, 0.5) is 0 Å². The van der Waals surface area contributed by atoms with E-state index in [1.165, 1.54) is 0 Å². The number of carbonyl (C=O) groups excluding carboxylic acids is 1. The van der Waals surface area contributed by atoms with E-state index in [1.54, 1.807) is 18.6 Å². The molecule has 0 spiro atoms. The van der Waals surface area contributed by atoms with Crippen molar-refractivity contribution >= 4 is 5.97 Å². The van der Waals surface area contributed by atoms with Gasteiger partial charge in [-0.2, -0.15) is 0 Å². The summed E-state index contributed by atoms with van der Waals surface area (Å²) in [6.07, 6.45) is 5.26. The van der Waals surface area contributed by atoms with Gasteiger partial charge in [-0.25, -0.2) is 0 Å². The molecule has 3 aromatic heterocycles. The summed E-state index contributed by atoms with van der Waals surface area (Å²) in [4.78, 5) is 28.4. The number of hydrogen-bond acceptors (Lipinski definition) is 7. The predicted octanol–water partition coefficient (Wildman–Crippen LogP) is 1.13. The fourth-order valence-electron chi connectivity index (χ4n) is 3.06. The molecule has 0 atom stereocenters. The van der Waals surface area contributed by atoms with Crippen molar-refractivity contribution in [2.75, 3.05) is 19.6 Å². The number of carboxylic acid groups (broad SMARTS) is 1. The number of aromatic nitrogens is 3. The van der Waals surface area contributed by atoms with Crippen LogP contribution >= 0.6 is 0 Å². The normalized spacial score (nSPS) is 11.1. The Labute approximate surface area is 170 Å². The van der Waals surface area contributed by atoms with Crippen molar-refractivity contribution in [3.8, 4) is 0 Å². The van der Waals surface area contributed by atoms with E-state index in [0.717, 1.165) is 17.1 Å². The maximum atomic E-state index is 11.2. The van der Waals surface area contributed by atoms with Gasteiger partial charge in [-0.05, 0) is 36.4 Å². The molecule has 0 aliphatic rings. The molecule has 0 aromatic carbocycles. The van der Waals surface area contributed by atoms with Gasteiger partial charge in [0.05, 0.1) is 23.1 Å². The average Bonchev–Trinajstić information content (AvgIpc) is 2.74. The molecule has 7 nitrogen and oxygen atoms in total. The Morgan fingerprint density at radius 3 is 1.48 bits per heavy atom. The number of rotatable bonds is 11. The van der Waals surface area contributed by atoms with E-state index >= 15 is 0 Å². The van der Waals surface area contributed by atoms with E-state index in [4.69, 9.17) is 0 Å². The third-order valence-electron chi connectivity index (χ3n) is 4.42. The highest BCUT2D eigenvalue weighted by Crippen LogP contribution is 2.08. The maximum absolute atomic E-state index is 11.2. The van der Waals surface area contributed by atoms with Crippen LogP contribution in [0.25, 0.3) is 0 Å². The summed E-state index contributed by atoms with van der Waals surface area (Å²) in [5, 5.41) is 11.2. The zero-order valence-corrected chi connectivity index (χ0v) is 16.2. The molecule has 0 bridgehead atoms. The first-order valence-electron chi connectivity index (χ1n) is 9.53. The van der Waals surface area contributed by atoms with Crippen LogP contribution in [0, 0.1) is 0 Å². The van der Waals surface area contributed by atoms with Crippen LogP contribution in [-0.4, -0.2) is 50.4 Å². The molecule has 0 saturated heterocycles. The van der Waals surface area contributed by atoms with Crippen molar-refractivity contribution in [2.24, 2.45) is 0 Å². The van der Waals surface area contributed by atoms with E-state index < -0.39 is 5.97 Å². The second-order valence-electron chi connectivity index (χ2n) is 6.76. The smallest absolute Gasteiger partial charge is 0.0555 e. The molecule has 0 saturated carbocycles. The third-order valence-corrected chi connectivity index (χ3v) is 4.42. The number of carbonyl (C=O) groups is 1. The van der Waals surface area contributed by atoms with Crippen molar-refractivity contribution in [1.82, 2.24) is 24.8 Å². The van der Waals surface area contributed by atoms with Crippen LogP contribution in [0.2, 0.25) is 0 Å². The minimum atomic E-state index is -1.10. The minimum absolute atomic E-state index is 0.141. The van der Waals surface area contributed by atoms with Crippen LogP contribution in [0.3, 0.4) is 0 Å². The Balaban J connectivity index is 1.67. The first kappa shape index (κ1) is 20.6. The number of hydrogen-bond donors (Lipinski definition) is 0. The Hall–Kier alpha value is -3.16.